The molecule has 6 nitrogen and oxygen atoms in total. The monoisotopic (exact) mass is 340 g/mol. The molecule has 0 bridgehead atoms. The maximum atomic E-state index is 9.99. The van der Waals surface area contributed by atoms with Crippen LogP contribution < -0.4 is 15.0 Å². The van der Waals surface area contributed by atoms with Crippen LogP contribution in [0.3, 0.4) is 0 Å². The predicted molar refractivity (Wildman–Crippen MR) is 91.3 cm³/mol. The molecule has 0 aliphatic carbocycles. The number of nitrogens with one attached hydrogen (secondary N) is 1. The maximum absolute atomic E-state index is 9.99. The van der Waals surface area contributed by atoms with Gasteiger partial charge in [-0.2, -0.15) is 0 Å². The molecule has 0 saturated carbocycles. The standard InChI is InChI=1S/C18H30N2O4/c1-22-18-6-3-2-5-16(18)14-24-15-17(21)13-19-7-4-8-20-9-11-23-12-10-20/h2-3,5-6,17,19,21H,4,7-15H2,1H3/p+2/t17-/m1/s1. The molecule has 24 heavy (non-hydrogen) atoms. The Morgan fingerprint density at radius 2 is 2.08 bits per heavy atom. The molecule has 0 amide bonds. The van der Waals surface area contributed by atoms with Gasteiger partial charge in [-0.3, -0.25) is 0 Å². The van der Waals surface area contributed by atoms with Crippen molar-refractivity contribution in [3.8, 4) is 5.75 Å². The molecular formula is C18H32N2O4+2. The number of ether oxygens (including phenoxy) is 3. The fourth-order valence-electron chi connectivity index (χ4n) is 2.91. The average molecular weight is 340 g/mol. The van der Waals surface area contributed by atoms with Crippen molar-refractivity contribution >= 4 is 0 Å². The summed E-state index contributed by atoms with van der Waals surface area (Å²) in [7, 11) is 1.65. The molecule has 136 valence electrons. The normalized spacial score (nSPS) is 16.9. The molecule has 1 saturated heterocycles. The fraction of sp³-hybridized carbons (Fsp3) is 0.667. The summed E-state index contributed by atoms with van der Waals surface area (Å²) >= 11 is 0. The summed E-state index contributed by atoms with van der Waals surface area (Å²) < 4.78 is 16.3. The van der Waals surface area contributed by atoms with Crippen LogP contribution in [0.5, 0.6) is 5.75 Å². The molecule has 1 aliphatic rings. The second-order valence-corrected chi connectivity index (χ2v) is 6.26. The summed E-state index contributed by atoms with van der Waals surface area (Å²) in [5.74, 6) is 0.823. The van der Waals surface area contributed by atoms with E-state index in [0.717, 1.165) is 44.2 Å². The second-order valence-electron chi connectivity index (χ2n) is 6.26. The van der Waals surface area contributed by atoms with E-state index in [1.807, 2.05) is 24.3 Å². The first kappa shape index (κ1) is 19.1. The number of rotatable bonds is 11. The molecule has 6 heteroatoms. The van der Waals surface area contributed by atoms with Crippen molar-refractivity contribution in [1.82, 2.24) is 0 Å². The number of hydrogen-bond acceptors (Lipinski definition) is 4. The zero-order valence-corrected chi connectivity index (χ0v) is 14.7. The Morgan fingerprint density at radius 1 is 1.29 bits per heavy atom. The van der Waals surface area contributed by atoms with Gasteiger partial charge in [0.15, 0.2) is 0 Å². The highest BCUT2D eigenvalue weighted by Crippen LogP contribution is 2.17. The Kier molecular flexibility index (Phi) is 9.09. The highest BCUT2D eigenvalue weighted by atomic mass is 16.5. The van der Waals surface area contributed by atoms with Gasteiger partial charge in [0.05, 0.1) is 46.6 Å². The van der Waals surface area contributed by atoms with Gasteiger partial charge in [0.1, 0.15) is 31.5 Å². The number of morpholine rings is 1. The average Bonchev–Trinajstić information content (AvgIpc) is 2.63. The SMILES string of the molecule is COc1ccccc1COC[C@H](O)C[NH2+]CCC[NH+]1CCOCC1. The van der Waals surface area contributed by atoms with Crippen molar-refractivity contribution in [2.75, 3.05) is 59.7 Å². The quantitative estimate of drug-likeness (QED) is 0.426. The lowest BCUT2D eigenvalue weighted by Crippen LogP contribution is -3.14. The van der Waals surface area contributed by atoms with E-state index in [2.05, 4.69) is 5.32 Å². The summed E-state index contributed by atoms with van der Waals surface area (Å²) in [6, 6.07) is 7.79. The largest absolute Gasteiger partial charge is 0.496 e. The zero-order chi connectivity index (χ0) is 17.0. The molecule has 2 rings (SSSR count). The maximum Gasteiger partial charge on any atom is 0.126 e. The Morgan fingerprint density at radius 3 is 2.88 bits per heavy atom. The summed E-state index contributed by atoms with van der Waals surface area (Å²) in [6.45, 7) is 7.77. The Balaban J connectivity index is 1.49. The molecule has 0 radical (unpaired) electrons. The summed E-state index contributed by atoms with van der Waals surface area (Å²) in [5.41, 5.74) is 1.00. The van der Waals surface area contributed by atoms with Crippen LogP contribution in [0, 0.1) is 0 Å². The van der Waals surface area contributed by atoms with E-state index in [9.17, 15) is 5.11 Å². The van der Waals surface area contributed by atoms with E-state index < -0.39 is 6.10 Å². The van der Waals surface area contributed by atoms with Crippen molar-refractivity contribution in [3.63, 3.8) is 0 Å². The Labute approximate surface area is 144 Å². The highest BCUT2D eigenvalue weighted by molar-refractivity contribution is 5.32. The van der Waals surface area contributed by atoms with E-state index in [0.29, 0.717) is 19.8 Å². The predicted octanol–water partition coefficient (Wildman–Crippen LogP) is -1.56. The minimum Gasteiger partial charge on any atom is -0.496 e. The second kappa shape index (κ2) is 11.4. The van der Waals surface area contributed by atoms with Crippen LogP contribution >= 0.6 is 0 Å². The number of nitrogens with two attached hydrogens (primary N) is 1. The van der Waals surface area contributed by atoms with Crippen LogP contribution in [-0.4, -0.2) is 70.9 Å². The van der Waals surface area contributed by atoms with E-state index in [4.69, 9.17) is 14.2 Å². The van der Waals surface area contributed by atoms with Gasteiger partial charge in [-0.25, -0.2) is 0 Å². The third kappa shape index (κ3) is 7.15. The zero-order valence-electron chi connectivity index (χ0n) is 14.7. The number of quaternary nitrogens is 2. The number of aliphatic hydroxyl groups is 1. The van der Waals surface area contributed by atoms with Crippen molar-refractivity contribution < 1.29 is 29.5 Å². The van der Waals surface area contributed by atoms with Crippen LogP contribution in [-0.2, 0) is 16.1 Å². The first-order valence-corrected chi connectivity index (χ1v) is 8.90. The molecule has 1 atom stereocenters. The van der Waals surface area contributed by atoms with Crippen LogP contribution in [0.4, 0.5) is 0 Å². The number of benzene rings is 1. The highest BCUT2D eigenvalue weighted by Gasteiger charge is 2.13. The van der Waals surface area contributed by atoms with Gasteiger partial charge in [0.2, 0.25) is 0 Å². The van der Waals surface area contributed by atoms with Crippen molar-refractivity contribution in [2.45, 2.75) is 19.1 Å². The molecule has 1 aromatic rings. The molecule has 0 aromatic heterocycles. The van der Waals surface area contributed by atoms with Gasteiger partial charge in [-0.1, -0.05) is 18.2 Å². The van der Waals surface area contributed by atoms with Crippen LogP contribution in [0.25, 0.3) is 0 Å². The number of para-hydroxylation sites is 1. The van der Waals surface area contributed by atoms with Crippen molar-refractivity contribution in [2.24, 2.45) is 0 Å². The molecule has 1 fully saturated rings. The molecule has 0 spiro atoms. The lowest BCUT2D eigenvalue weighted by Gasteiger charge is -2.23. The number of aliphatic hydroxyl groups excluding tert-OH is 1. The van der Waals surface area contributed by atoms with Crippen LogP contribution in [0.2, 0.25) is 0 Å². The van der Waals surface area contributed by atoms with Gasteiger partial charge in [-0.05, 0) is 6.07 Å². The van der Waals surface area contributed by atoms with Crippen LogP contribution in [0.15, 0.2) is 24.3 Å². The number of methoxy groups -OCH3 is 1. The summed E-state index contributed by atoms with van der Waals surface area (Å²) in [4.78, 5) is 1.63. The fourth-order valence-corrected chi connectivity index (χ4v) is 2.91. The third-order valence-corrected chi connectivity index (χ3v) is 4.34. The van der Waals surface area contributed by atoms with Gasteiger partial charge in [0.25, 0.3) is 0 Å². The van der Waals surface area contributed by atoms with Crippen molar-refractivity contribution in [1.29, 1.82) is 0 Å². The topological polar surface area (TPSA) is 69.0 Å². The number of hydrogen-bond donors (Lipinski definition) is 3. The van der Waals surface area contributed by atoms with E-state index in [1.54, 1.807) is 12.0 Å². The lowest BCUT2D eigenvalue weighted by atomic mass is 10.2. The van der Waals surface area contributed by atoms with Crippen LogP contribution in [0.1, 0.15) is 12.0 Å². The van der Waals surface area contributed by atoms with Gasteiger partial charge in [0, 0.05) is 12.0 Å². The first-order chi connectivity index (χ1) is 11.8. The lowest BCUT2D eigenvalue weighted by molar-refractivity contribution is -0.909. The molecule has 1 heterocycles. The summed E-state index contributed by atoms with van der Waals surface area (Å²) in [5, 5.41) is 12.2. The molecule has 1 aliphatic heterocycles. The van der Waals surface area contributed by atoms with E-state index in [1.165, 1.54) is 13.0 Å². The molecular weight excluding hydrogens is 308 g/mol. The third-order valence-electron chi connectivity index (χ3n) is 4.34. The molecule has 1 aromatic carbocycles. The minimum absolute atomic E-state index is 0.350. The molecule has 4 N–H and O–H groups in total. The van der Waals surface area contributed by atoms with Crippen molar-refractivity contribution in [3.05, 3.63) is 29.8 Å². The molecule has 0 unspecified atom stereocenters. The summed E-state index contributed by atoms with van der Waals surface area (Å²) in [6.07, 6.45) is 0.736. The van der Waals surface area contributed by atoms with Gasteiger partial charge in [-0.15, -0.1) is 0 Å². The van der Waals surface area contributed by atoms with E-state index >= 15 is 0 Å². The van der Waals surface area contributed by atoms with E-state index in [-0.39, 0.29) is 0 Å². The smallest absolute Gasteiger partial charge is 0.126 e. The Hall–Kier alpha value is -1.18. The minimum atomic E-state index is -0.435. The Bertz CT molecular complexity index is 452. The van der Waals surface area contributed by atoms with Gasteiger partial charge >= 0.3 is 0 Å². The van der Waals surface area contributed by atoms with Gasteiger partial charge < -0.3 is 29.5 Å². The first-order valence-electron chi connectivity index (χ1n) is 8.90.